The molecular weight excluding hydrogens is 238 g/mol. The van der Waals surface area contributed by atoms with Crippen molar-refractivity contribution < 1.29 is 4.52 Å². The Morgan fingerprint density at radius 3 is 2.37 bits per heavy atom. The summed E-state index contributed by atoms with van der Waals surface area (Å²) in [7, 11) is 0. The van der Waals surface area contributed by atoms with Gasteiger partial charge in [-0.2, -0.15) is 4.98 Å². The van der Waals surface area contributed by atoms with E-state index in [9.17, 15) is 0 Å². The quantitative estimate of drug-likeness (QED) is 0.908. The molecule has 1 atom stereocenters. The van der Waals surface area contributed by atoms with Crippen LogP contribution in [0.5, 0.6) is 0 Å². The number of aromatic nitrogens is 2. The zero-order valence-corrected chi connectivity index (χ0v) is 11.6. The van der Waals surface area contributed by atoms with E-state index in [0.717, 1.165) is 35.4 Å². The van der Waals surface area contributed by atoms with Crippen LogP contribution in [0.1, 0.15) is 62.6 Å². The lowest BCUT2D eigenvalue weighted by Crippen LogP contribution is -2.43. The summed E-state index contributed by atoms with van der Waals surface area (Å²) in [6.45, 7) is 2.65. The van der Waals surface area contributed by atoms with Crippen molar-refractivity contribution in [1.29, 1.82) is 0 Å². The van der Waals surface area contributed by atoms with E-state index in [0.29, 0.717) is 12.5 Å². The monoisotopic (exact) mass is 261 g/mol. The number of rotatable bonds is 3. The summed E-state index contributed by atoms with van der Waals surface area (Å²) >= 11 is 0. The van der Waals surface area contributed by atoms with Crippen molar-refractivity contribution in [3.05, 3.63) is 11.7 Å². The molecule has 4 saturated carbocycles. The Labute approximate surface area is 114 Å². The average Bonchev–Trinajstić information content (AvgIpc) is 2.86. The molecule has 4 bridgehead atoms. The van der Waals surface area contributed by atoms with E-state index in [4.69, 9.17) is 10.3 Å². The first-order valence-electron chi connectivity index (χ1n) is 7.78. The van der Waals surface area contributed by atoms with Crippen molar-refractivity contribution in [2.24, 2.45) is 29.4 Å². The van der Waals surface area contributed by atoms with Gasteiger partial charge >= 0.3 is 0 Å². The predicted octanol–water partition coefficient (Wildman–Crippen LogP) is 2.67. The largest absolute Gasteiger partial charge is 0.339 e. The van der Waals surface area contributed by atoms with E-state index in [1.165, 1.54) is 32.1 Å². The zero-order chi connectivity index (χ0) is 13.0. The molecule has 4 heteroatoms. The summed E-state index contributed by atoms with van der Waals surface area (Å²) < 4.78 is 5.60. The summed E-state index contributed by atoms with van der Waals surface area (Å²) in [5, 5.41) is 4.15. The van der Waals surface area contributed by atoms with Crippen LogP contribution in [0.4, 0.5) is 0 Å². The fourth-order valence-corrected chi connectivity index (χ4v) is 5.02. The molecule has 4 nitrogen and oxygen atoms in total. The summed E-state index contributed by atoms with van der Waals surface area (Å²) in [5.41, 5.74) is 5.69. The first-order valence-corrected chi connectivity index (χ1v) is 7.78. The van der Waals surface area contributed by atoms with Crippen LogP contribution in [0.3, 0.4) is 0 Å². The highest BCUT2D eigenvalue weighted by Gasteiger charge is 2.50. The SMILES string of the molecule is CC(CN)c1noc(C2C3CC4CC(C3)CC2C4)n1. The van der Waals surface area contributed by atoms with Crippen LogP contribution in [0.25, 0.3) is 0 Å². The maximum absolute atomic E-state index is 5.69. The van der Waals surface area contributed by atoms with E-state index >= 15 is 0 Å². The van der Waals surface area contributed by atoms with Crippen molar-refractivity contribution >= 4 is 0 Å². The average molecular weight is 261 g/mol. The van der Waals surface area contributed by atoms with Gasteiger partial charge in [-0.15, -0.1) is 0 Å². The van der Waals surface area contributed by atoms with Crippen LogP contribution >= 0.6 is 0 Å². The topological polar surface area (TPSA) is 64.9 Å². The normalized spacial score (nSPS) is 41.7. The van der Waals surface area contributed by atoms with Gasteiger partial charge in [0.2, 0.25) is 5.89 Å². The summed E-state index contributed by atoms with van der Waals surface area (Å²) in [4.78, 5) is 4.67. The van der Waals surface area contributed by atoms with Crippen molar-refractivity contribution in [1.82, 2.24) is 10.1 Å². The molecule has 0 aromatic carbocycles. The highest BCUT2D eigenvalue weighted by Crippen LogP contribution is 2.59. The van der Waals surface area contributed by atoms with E-state index in [1.54, 1.807) is 0 Å². The Kier molecular flexibility index (Phi) is 2.69. The molecule has 4 aliphatic rings. The van der Waals surface area contributed by atoms with Crippen molar-refractivity contribution in [3.8, 4) is 0 Å². The maximum Gasteiger partial charge on any atom is 0.230 e. The van der Waals surface area contributed by atoms with E-state index in [-0.39, 0.29) is 5.92 Å². The summed E-state index contributed by atoms with van der Waals surface area (Å²) in [6, 6.07) is 0. The fourth-order valence-electron chi connectivity index (χ4n) is 5.02. The first kappa shape index (κ1) is 11.9. The smallest absolute Gasteiger partial charge is 0.230 e. The standard InChI is InChI=1S/C15H23N3O/c1-8(7-16)14-17-15(19-18-14)13-11-3-9-2-10(5-11)6-12(13)4-9/h8-13H,2-7,16H2,1H3. The number of hydrogen-bond acceptors (Lipinski definition) is 4. The van der Waals surface area contributed by atoms with Crippen LogP contribution in [-0.4, -0.2) is 16.7 Å². The van der Waals surface area contributed by atoms with Gasteiger partial charge in [0.1, 0.15) is 0 Å². The van der Waals surface area contributed by atoms with Crippen LogP contribution in [0, 0.1) is 23.7 Å². The van der Waals surface area contributed by atoms with Crippen molar-refractivity contribution in [2.45, 2.75) is 50.9 Å². The molecule has 19 heavy (non-hydrogen) atoms. The first-order chi connectivity index (χ1) is 9.24. The maximum atomic E-state index is 5.69. The van der Waals surface area contributed by atoms with E-state index in [2.05, 4.69) is 17.1 Å². The second-order valence-electron chi connectivity index (χ2n) is 7.08. The van der Waals surface area contributed by atoms with Gasteiger partial charge in [0, 0.05) is 18.4 Å². The third-order valence-electron chi connectivity index (χ3n) is 5.76. The molecule has 104 valence electrons. The third-order valence-corrected chi connectivity index (χ3v) is 5.76. The van der Waals surface area contributed by atoms with E-state index in [1.807, 2.05) is 0 Å². The molecule has 0 aliphatic heterocycles. The lowest BCUT2D eigenvalue weighted by Gasteiger charge is -2.53. The highest BCUT2D eigenvalue weighted by molar-refractivity contribution is 5.10. The zero-order valence-electron chi connectivity index (χ0n) is 11.6. The predicted molar refractivity (Wildman–Crippen MR) is 71.6 cm³/mol. The molecule has 1 heterocycles. The molecule has 0 spiro atoms. The Morgan fingerprint density at radius 1 is 1.16 bits per heavy atom. The van der Waals surface area contributed by atoms with Crippen LogP contribution in [0.2, 0.25) is 0 Å². The van der Waals surface area contributed by atoms with Gasteiger partial charge < -0.3 is 10.3 Å². The second-order valence-corrected chi connectivity index (χ2v) is 7.08. The van der Waals surface area contributed by atoms with E-state index < -0.39 is 0 Å². The van der Waals surface area contributed by atoms with Crippen LogP contribution < -0.4 is 5.73 Å². The summed E-state index contributed by atoms with van der Waals surface area (Å²) in [5.74, 6) is 6.03. The highest BCUT2D eigenvalue weighted by atomic mass is 16.5. The molecule has 1 aromatic rings. The fraction of sp³-hybridized carbons (Fsp3) is 0.867. The van der Waals surface area contributed by atoms with Crippen LogP contribution in [-0.2, 0) is 0 Å². The van der Waals surface area contributed by atoms with Gasteiger partial charge in [0.25, 0.3) is 0 Å². The van der Waals surface area contributed by atoms with Gasteiger partial charge in [-0.05, 0) is 55.8 Å². The molecule has 4 aliphatic carbocycles. The molecular formula is C15H23N3O. The van der Waals surface area contributed by atoms with Gasteiger partial charge in [0.15, 0.2) is 5.82 Å². The molecule has 4 fully saturated rings. The molecule has 0 radical (unpaired) electrons. The summed E-state index contributed by atoms with van der Waals surface area (Å²) in [6.07, 6.45) is 7.05. The van der Waals surface area contributed by atoms with Crippen molar-refractivity contribution in [2.75, 3.05) is 6.54 Å². The Hall–Kier alpha value is -0.900. The molecule has 0 amide bonds. The number of nitrogens with two attached hydrogens (primary N) is 1. The second kappa shape index (κ2) is 4.30. The van der Waals surface area contributed by atoms with Crippen LogP contribution in [0.15, 0.2) is 4.52 Å². The molecule has 1 unspecified atom stereocenters. The molecule has 0 saturated heterocycles. The minimum Gasteiger partial charge on any atom is -0.339 e. The molecule has 5 rings (SSSR count). The number of nitrogens with zero attached hydrogens (tertiary/aromatic N) is 2. The van der Waals surface area contributed by atoms with Gasteiger partial charge in [0.05, 0.1) is 0 Å². The minimum absolute atomic E-state index is 0.203. The lowest BCUT2D eigenvalue weighted by molar-refractivity contribution is -0.0131. The Balaban J connectivity index is 1.60. The Bertz CT molecular complexity index is 442. The third kappa shape index (κ3) is 1.83. The number of hydrogen-bond donors (Lipinski definition) is 1. The van der Waals surface area contributed by atoms with Gasteiger partial charge in [-0.3, -0.25) is 0 Å². The van der Waals surface area contributed by atoms with Gasteiger partial charge in [-0.25, -0.2) is 0 Å². The minimum atomic E-state index is 0.203. The lowest BCUT2D eigenvalue weighted by atomic mass is 9.52. The Morgan fingerprint density at radius 2 is 1.79 bits per heavy atom. The van der Waals surface area contributed by atoms with Crippen molar-refractivity contribution in [3.63, 3.8) is 0 Å². The molecule has 1 aromatic heterocycles. The molecule has 2 N–H and O–H groups in total. The van der Waals surface area contributed by atoms with Gasteiger partial charge in [-0.1, -0.05) is 12.1 Å².